The first-order chi connectivity index (χ1) is 71.0. The van der Waals surface area contributed by atoms with Crippen LogP contribution in [0.25, 0.3) is 238 Å². The molecule has 0 spiro atoms. The summed E-state index contributed by atoms with van der Waals surface area (Å²) < 4.78 is 0. The third-order valence-electron chi connectivity index (χ3n) is 25.0. The number of hydrogen-bond acceptors (Lipinski definition) is 12. The quantitative estimate of drug-likeness (QED) is 0.0782. The van der Waals surface area contributed by atoms with Crippen LogP contribution in [0.5, 0.6) is 0 Å². The second-order valence-electron chi connectivity index (χ2n) is 34.2. The Bertz CT molecular complexity index is 8800. The Hall–Kier alpha value is -20.8. The molecule has 0 aliphatic carbocycles. The summed E-state index contributed by atoms with van der Waals surface area (Å²) in [7, 11) is 0. The molecule has 668 valence electrons. The zero-order chi connectivity index (χ0) is 97.6. The van der Waals surface area contributed by atoms with Crippen molar-refractivity contribution in [2.24, 2.45) is 0 Å². The minimum Gasteiger partial charge on any atom is -0.238 e. The van der Waals surface area contributed by atoms with E-state index in [1.165, 1.54) is 5.39 Å². The highest BCUT2D eigenvalue weighted by molar-refractivity contribution is 6.01. The number of aromatic nitrogens is 9. The predicted molar refractivity (Wildman–Crippen MR) is 577 cm³/mol. The van der Waals surface area contributed by atoms with Crippen LogP contribution < -0.4 is 0 Å². The van der Waals surface area contributed by atoms with Gasteiger partial charge < -0.3 is 0 Å². The van der Waals surface area contributed by atoms with E-state index < -0.39 is 0 Å². The van der Waals surface area contributed by atoms with Crippen LogP contribution in [0.1, 0.15) is 16.7 Å². The molecule has 0 fully saturated rings. The average Bonchev–Trinajstić information content (AvgIpc) is 0.784. The Balaban J connectivity index is 0.000000128. The average molecular weight is 1840 g/mol. The Labute approximate surface area is 832 Å². The fourth-order valence-corrected chi connectivity index (χ4v) is 17.7. The van der Waals surface area contributed by atoms with E-state index in [0.717, 1.165) is 166 Å². The van der Waals surface area contributed by atoms with Gasteiger partial charge >= 0.3 is 0 Å². The van der Waals surface area contributed by atoms with Gasteiger partial charge in [0.05, 0.1) is 37.9 Å². The third kappa shape index (κ3) is 19.8. The summed E-state index contributed by atoms with van der Waals surface area (Å²) in [5.74, 6) is 5.68. The monoisotopic (exact) mass is 1840 g/mol. The molecular formula is C129H77N15. The van der Waals surface area contributed by atoms with Crippen LogP contribution in [0.3, 0.4) is 0 Å². The Kier molecular flexibility index (Phi) is 25.5. The van der Waals surface area contributed by atoms with Gasteiger partial charge in [-0.05, 0) is 200 Å². The Morgan fingerprint density at radius 2 is 0.375 bits per heavy atom. The highest BCUT2D eigenvalue weighted by Gasteiger charge is 2.21. The van der Waals surface area contributed by atoms with E-state index >= 15 is 0 Å². The van der Waals surface area contributed by atoms with Crippen LogP contribution in [0.2, 0.25) is 0 Å². The molecule has 0 bridgehead atoms. The Morgan fingerprint density at radius 1 is 0.153 bits per heavy atom. The molecule has 23 aromatic rings. The smallest absolute Gasteiger partial charge is 0.189 e. The van der Waals surface area contributed by atoms with Crippen LogP contribution >= 0.6 is 0 Å². The van der Waals surface area contributed by atoms with Gasteiger partial charge in [0, 0.05) is 66.8 Å². The topological polar surface area (TPSA) is 200 Å². The molecule has 144 heavy (non-hydrogen) atoms. The zero-order valence-corrected chi connectivity index (χ0v) is 77.2. The highest BCUT2D eigenvalue weighted by atomic mass is 15.1. The number of rotatable bonds is 17. The van der Waals surface area contributed by atoms with Crippen LogP contribution in [-0.4, -0.2) is 44.9 Å². The van der Waals surface area contributed by atoms with Gasteiger partial charge in [-0.25, -0.2) is 59.4 Å². The number of nitrogens with zero attached hydrogens (tertiary/aromatic N) is 15. The van der Waals surface area contributed by atoms with E-state index in [2.05, 4.69) is 221 Å². The minimum absolute atomic E-state index is 0.456. The predicted octanol–water partition coefficient (Wildman–Crippen LogP) is 32.7. The van der Waals surface area contributed by atoms with Crippen molar-refractivity contribution >= 4 is 49.4 Å². The molecule has 0 amide bonds. The summed E-state index contributed by atoms with van der Waals surface area (Å²) in [5.41, 5.74) is 27.7. The van der Waals surface area contributed by atoms with Crippen molar-refractivity contribution in [3.63, 3.8) is 0 Å². The molecule has 0 saturated heterocycles. The van der Waals surface area contributed by atoms with E-state index in [1.807, 2.05) is 261 Å². The van der Waals surface area contributed by atoms with E-state index in [9.17, 15) is 15.8 Å². The summed E-state index contributed by atoms with van der Waals surface area (Å²) in [6.45, 7) is 22.2. The molecule has 3 heterocycles. The third-order valence-corrected chi connectivity index (χ3v) is 25.0. The highest BCUT2D eigenvalue weighted by Crippen LogP contribution is 2.41. The first-order valence-corrected chi connectivity index (χ1v) is 46.5. The van der Waals surface area contributed by atoms with E-state index in [4.69, 9.17) is 64.6 Å². The first-order valence-electron chi connectivity index (χ1n) is 46.5. The van der Waals surface area contributed by atoms with Crippen molar-refractivity contribution in [3.8, 4) is 210 Å². The summed E-state index contributed by atoms with van der Waals surface area (Å²) in [6, 6.07) is 162. The van der Waals surface area contributed by atoms with Crippen molar-refractivity contribution in [2.45, 2.75) is 0 Å². The largest absolute Gasteiger partial charge is 0.238 e. The van der Waals surface area contributed by atoms with Crippen molar-refractivity contribution in [1.29, 1.82) is 15.8 Å². The first kappa shape index (κ1) is 89.7. The summed E-state index contributed by atoms with van der Waals surface area (Å²) >= 11 is 0. The second-order valence-corrected chi connectivity index (χ2v) is 34.2. The van der Waals surface area contributed by atoms with Gasteiger partial charge in [0.25, 0.3) is 0 Å². The van der Waals surface area contributed by atoms with Gasteiger partial charge in [-0.1, -0.05) is 388 Å². The van der Waals surface area contributed by atoms with Crippen LogP contribution in [-0.2, 0) is 0 Å². The lowest BCUT2D eigenvalue weighted by Crippen LogP contribution is -2.00. The van der Waals surface area contributed by atoms with Gasteiger partial charge in [-0.15, -0.1) is 0 Å². The second kappa shape index (κ2) is 41.0. The number of nitriles is 3. The molecule has 0 unspecified atom stereocenters. The van der Waals surface area contributed by atoms with Crippen LogP contribution in [0.15, 0.2) is 467 Å². The lowest BCUT2D eigenvalue weighted by molar-refractivity contribution is 1.07. The fourth-order valence-electron chi connectivity index (χ4n) is 17.7. The SMILES string of the molecule is [C-]#[N+]c1cc(C#N)cc(-c2ccc(-c3ccc4c(-c5ccc(-c6nc(-c7ccccc7)nc(-c7ccccc7)n6)cc5)cccc4c3)cc2)c1.[C-]#[N+]c1cc(C#N)cc(-c2ccc(-c3ccc4cccc(-c5ccc(-c6nc(-c7ccccc7)nc(-c7ccccc7)n6)cc5)c4c3)cc2)c1.[C-]#[N+]c1cc(C#N)cc(-c2ccc3ccc(-c4ccc(-c5nc(-c6ccccc6)nc(-c6ccccc6)n5)cc4)cc3c2)c1. The molecule has 15 nitrogen and oxygen atoms in total. The van der Waals surface area contributed by atoms with Gasteiger partial charge in [0.1, 0.15) is 0 Å². The molecule has 15 heteroatoms. The van der Waals surface area contributed by atoms with Crippen molar-refractivity contribution in [2.75, 3.05) is 0 Å². The molecule has 23 rings (SSSR count). The summed E-state index contributed by atoms with van der Waals surface area (Å²) in [5, 5.41) is 35.0. The van der Waals surface area contributed by atoms with Gasteiger partial charge in [0.2, 0.25) is 0 Å². The van der Waals surface area contributed by atoms with Crippen molar-refractivity contribution in [1.82, 2.24) is 44.9 Å². The van der Waals surface area contributed by atoms with Crippen LogP contribution in [0, 0.1) is 53.7 Å². The molecule has 0 aliphatic heterocycles. The number of fused-ring (bicyclic) bond motifs is 3. The van der Waals surface area contributed by atoms with E-state index in [-0.39, 0.29) is 0 Å². The maximum atomic E-state index is 9.42. The Morgan fingerprint density at radius 3 is 0.674 bits per heavy atom. The molecule has 20 aromatic carbocycles. The maximum absolute atomic E-state index is 9.42. The normalized spacial score (nSPS) is 10.7. The molecule has 0 saturated carbocycles. The minimum atomic E-state index is 0.456. The molecule has 0 radical (unpaired) electrons. The van der Waals surface area contributed by atoms with E-state index in [1.54, 1.807) is 18.2 Å². The standard InChI is InChI=1S/2C45H27N5.C39H23N5/c1-47-40-26-30(29-46)25-39(27-40)32-17-15-31(16-18-32)38-24-21-33-13-8-14-41(42(33)28-38)34-19-22-37(23-20-34)45-49-43(35-9-4-2-5-10-35)48-44(50-45)36-11-6-3-7-12-36;1-47-40-26-30(29-46)25-39(28-40)32-17-15-31(16-18-32)37-23-24-42-38(27-37)13-8-14-41(42)33-19-21-36(22-20-33)45-49-43(34-9-4-2-5-10-34)48-44(50-45)35-11-6-3-7-12-35;1-41-36-21-26(25-40)20-34(24-36)33-19-15-28-14-18-32(22-35(28)23-33)27-12-16-31(17-13-27)39-43-37(29-8-4-2-5-9-29)42-38(44-39)30-10-6-3-7-11-30/h2*2-28H;2-24H. The molecule has 0 atom stereocenters. The van der Waals surface area contributed by atoms with Crippen LogP contribution in [0.4, 0.5) is 17.1 Å². The molecular weight excluding hydrogens is 1760 g/mol. The number of hydrogen-bond donors (Lipinski definition) is 0. The van der Waals surface area contributed by atoms with E-state index in [0.29, 0.717) is 86.2 Å². The molecule has 0 N–H and O–H groups in total. The van der Waals surface area contributed by atoms with Gasteiger partial charge in [-0.2, -0.15) is 15.8 Å². The lowest BCUT2D eigenvalue weighted by Gasteiger charge is -2.12. The lowest BCUT2D eigenvalue weighted by atomic mass is 9.93. The van der Waals surface area contributed by atoms with Crippen molar-refractivity contribution in [3.05, 3.63) is 518 Å². The van der Waals surface area contributed by atoms with Gasteiger partial charge in [-0.3, -0.25) is 0 Å². The zero-order valence-electron chi connectivity index (χ0n) is 77.2. The number of benzene rings is 20. The fraction of sp³-hybridized carbons (Fsp3) is 0. The molecule has 3 aromatic heterocycles. The molecule has 0 aliphatic rings. The maximum Gasteiger partial charge on any atom is 0.189 e. The summed E-state index contributed by atoms with van der Waals surface area (Å²) in [6.07, 6.45) is 0. The summed E-state index contributed by atoms with van der Waals surface area (Å²) in [4.78, 5) is 54.3. The van der Waals surface area contributed by atoms with Crippen molar-refractivity contribution < 1.29 is 0 Å². The van der Waals surface area contributed by atoms with Gasteiger partial charge in [0.15, 0.2) is 69.5 Å².